The van der Waals surface area contributed by atoms with Gasteiger partial charge in [0.15, 0.2) is 0 Å². The minimum atomic E-state index is -0.493. The molecule has 148 valence electrons. The van der Waals surface area contributed by atoms with Gasteiger partial charge in [0.05, 0.1) is 36.0 Å². The standard InChI is InChI=1S/C20H18N4O5/c1-13-9-14(7-8-18(13)24(27)28)19(25)22-16-10-21-23(12-16)11-15-5-3-4-6-17(15)20(26)29-2/h3-10,12H,11H2,1-2H3,(H,22,25). The monoisotopic (exact) mass is 394 g/mol. The van der Waals surface area contributed by atoms with E-state index in [-0.39, 0.29) is 5.69 Å². The van der Waals surface area contributed by atoms with E-state index in [9.17, 15) is 19.7 Å². The first kappa shape index (κ1) is 19.7. The molecule has 0 radical (unpaired) electrons. The van der Waals surface area contributed by atoms with Crippen LogP contribution in [-0.4, -0.2) is 33.7 Å². The summed E-state index contributed by atoms with van der Waals surface area (Å²) in [5.74, 6) is -0.840. The first-order valence-electron chi connectivity index (χ1n) is 8.64. The Kier molecular flexibility index (Phi) is 5.68. The van der Waals surface area contributed by atoms with Crippen LogP contribution in [0.15, 0.2) is 54.9 Å². The van der Waals surface area contributed by atoms with E-state index in [1.807, 2.05) is 6.07 Å². The van der Waals surface area contributed by atoms with Gasteiger partial charge >= 0.3 is 5.97 Å². The van der Waals surface area contributed by atoms with Crippen LogP contribution >= 0.6 is 0 Å². The Bertz CT molecular complexity index is 1090. The first-order valence-corrected chi connectivity index (χ1v) is 8.64. The van der Waals surface area contributed by atoms with Gasteiger partial charge in [0.2, 0.25) is 0 Å². The van der Waals surface area contributed by atoms with Crippen molar-refractivity contribution in [2.45, 2.75) is 13.5 Å². The molecular weight excluding hydrogens is 376 g/mol. The number of hydrogen-bond acceptors (Lipinski definition) is 6. The van der Waals surface area contributed by atoms with Gasteiger partial charge in [-0.2, -0.15) is 5.10 Å². The summed E-state index contributed by atoms with van der Waals surface area (Å²) in [6, 6.07) is 11.2. The van der Waals surface area contributed by atoms with Crippen molar-refractivity contribution in [1.82, 2.24) is 9.78 Å². The summed E-state index contributed by atoms with van der Waals surface area (Å²) >= 11 is 0. The zero-order valence-corrected chi connectivity index (χ0v) is 15.8. The number of nitro benzene ring substituents is 1. The summed E-state index contributed by atoms with van der Waals surface area (Å²) in [5, 5.41) is 17.8. The molecule has 9 heteroatoms. The number of aromatic nitrogens is 2. The highest BCUT2D eigenvalue weighted by molar-refractivity contribution is 6.04. The summed E-state index contributed by atoms with van der Waals surface area (Å²) in [6.45, 7) is 1.89. The lowest BCUT2D eigenvalue weighted by Crippen LogP contribution is -2.12. The maximum Gasteiger partial charge on any atom is 0.338 e. The molecule has 0 saturated carbocycles. The molecule has 3 aromatic rings. The Labute approximate surface area is 166 Å². The highest BCUT2D eigenvalue weighted by atomic mass is 16.6. The van der Waals surface area contributed by atoms with Gasteiger partial charge in [-0.1, -0.05) is 18.2 Å². The summed E-state index contributed by atoms with van der Waals surface area (Å²) < 4.78 is 6.37. The second-order valence-electron chi connectivity index (χ2n) is 6.29. The molecule has 2 aromatic carbocycles. The number of hydrogen-bond donors (Lipinski definition) is 1. The number of nitrogens with one attached hydrogen (secondary N) is 1. The van der Waals surface area contributed by atoms with Crippen molar-refractivity contribution in [2.75, 3.05) is 12.4 Å². The fraction of sp³-hybridized carbons (Fsp3) is 0.150. The maximum absolute atomic E-state index is 12.4. The summed E-state index contributed by atoms with van der Waals surface area (Å²) in [4.78, 5) is 34.7. The van der Waals surface area contributed by atoms with Gasteiger partial charge in [0.25, 0.3) is 11.6 Å². The van der Waals surface area contributed by atoms with E-state index in [2.05, 4.69) is 10.4 Å². The largest absolute Gasteiger partial charge is 0.465 e. The van der Waals surface area contributed by atoms with Gasteiger partial charge in [-0.15, -0.1) is 0 Å². The number of rotatable bonds is 6. The number of esters is 1. The molecule has 9 nitrogen and oxygen atoms in total. The number of carbonyl (C=O) groups is 2. The van der Waals surface area contributed by atoms with Gasteiger partial charge < -0.3 is 10.1 Å². The predicted molar refractivity (Wildman–Crippen MR) is 105 cm³/mol. The van der Waals surface area contributed by atoms with E-state index >= 15 is 0 Å². The van der Waals surface area contributed by atoms with Gasteiger partial charge in [0.1, 0.15) is 0 Å². The third kappa shape index (κ3) is 4.46. The van der Waals surface area contributed by atoms with E-state index in [0.717, 1.165) is 5.56 Å². The van der Waals surface area contributed by atoms with Crippen molar-refractivity contribution in [3.8, 4) is 0 Å². The van der Waals surface area contributed by atoms with E-state index in [1.54, 1.807) is 36.0 Å². The normalized spacial score (nSPS) is 10.4. The van der Waals surface area contributed by atoms with Crippen LogP contribution in [0.1, 0.15) is 31.8 Å². The van der Waals surface area contributed by atoms with Gasteiger partial charge in [0, 0.05) is 23.4 Å². The lowest BCUT2D eigenvalue weighted by molar-refractivity contribution is -0.385. The Balaban J connectivity index is 1.73. The third-order valence-corrected chi connectivity index (χ3v) is 4.30. The molecule has 1 aromatic heterocycles. The van der Waals surface area contributed by atoms with Crippen LogP contribution in [0.25, 0.3) is 0 Å². The molecular formula is C20H18N4O5. The second kappa shape index (κ2) is 8.34. The van der Waals surface area contributed by atoms with E-state index in [4.69, 9.17) is 4.74 Å². The summed E-state index contributed by atoms with van der Waals surface area (Å²) in [6.07, 6.45) is 3.11. The number of benzene rings is 2. The van der Waals surface area contributed by atoms with Crippen molar-refractivity contribution in [1.29, 1.82) is 0 Å². The molecule has 0 unspecified atom stereocenters. The zero-order chi connectivity index (χ0) is 21.0. The van der Waals surface area contributed by atoms with Crippen LogP contribution in [0.3, 0.4) is 0 Å². The van der Waals surface area contributed by atoms with E-state index < -0.39 is 16.8 Å². The van der Waals surface area contributed by atoms with Gasteiger partial charge in [-0.05, 0) is 30.7 Å². The molecule has 0 aliphatic heterocycles. The highest BCUT2D eigenvalue weighted by Crippen LogP contribution is 2.20. The molecule has 1 heterocycles. The van der Waals surface area contributed by atoms with Crippen molar-refractivity contribution in [3.05, 3.63) is 87.2 Å². The summed E-state index contributed by atoms with van der Waals surface area (Å²) in [5.41, 5.74) is 2.29. The van der Waals surface area contributed by atoms with Gasteiger partial charge in [-0.25, -0.2) is 4.79 Å². The van der Waals surface area contributed by atoms with Crippen LogP contribution in [-0.2, 0) is 11.3 Å². The van der Waals surface area contributed by atoms with Crippen molar-refractivity contribution < 1.29 is 19.2 Å². The van der Waals surface area contributed by atoms with Crippen LogP contribution in [0.2, 0.25) is 0 Å². The fourth-order valence-corrected chi connectivity index (χ4v) is 2.86. The molecule has 0 aliphatic carbocycles. The molecule has 0 atom stereocenters. The topological polar surface area (TPSA) is 116 Å². The van der Waals surface area contributed by atoms with E-state index in [1.165, 1.54) is 31.5 Å². The number of amides is 1. The number of aryl methyl sites for hydroxylation is 1. The minimum Gasteiger partial charge on any atom is -0.465 e. The molecule has 1 N–H and O–H groups in total. The fourth-order valence-electron chi connectivity index (χ4n) is 2.86. The SMILES string of the molecule is COC(=O)c1ccccc1Cn1cc(NC(=O)c2ccc([N+](=O)[O-])c(C)c2)cn1. The smallest absolute Gasteiger partial charge is 0.338 e. The Morgan fingerprint density at radius 3 is 2.69 bits per heavy atom. The van der Waals surface area contributed by atoms with Gasteiger partial charge in [-0.3, -0.25) is 19.6 Å². The van der Waals surface area contributed by atoms with Crippen LogP contribution in [0.4, 0.5) is 11.4 Å². The minimum absolute atomic E-state index is 0.0429. The number of anilines is 1. The average molecular weight is 394 g/mol. The lowest BCUT2D eigenvalue weighted by Gasteiger charge is -2.07. The maximum atomic E-state index is 12.4. The van der Waals surface area contributed by atoms with Crippen LogP contribution in [0.5, 0.6) is 0 Å². The first-order chi connectivity index (χ1) is 13.9. The molecule has 0 spiro atoms. The Morgan fingerprint density at radius 1 is 1.24 bits per heavy atom. The quantitative estimate of drug-likeness (QED) is 0.390. The zero-order valence-electron chi connectivity index (χ0n) is 15.8. The van der Waals surface area contributed by atoms with Crippen molar-refractivity contribution >= 4 is 23.3 Å². The molecule has 1 amide bonds. The number of nitrogens with zero attached hydrogens (tertiary/aromatic N) is 3. The van der Waals surface area contributed by atoms with Crippen molar-refractivity contribution in [3.63, 3.8) is 0 Å². The Morgan fingerprint density at radius 2 is 2.00 bits per heavy atom. The second-order valence-corrected chi connectivity index (χ2v) is 6.29. The molecule has 29 heavy (non-hydrogen) atoms. The number of methoxy groups -OCH3 is 1. The highest BCUT2D eigenvalue weighted by Gasteiger charge is 2.15. The lowest BCUT2D eigenvalue weighted by atomic mass is 10.1. The number of carbonyl (C=O) groups excluding carboxylic acids is 2. The summed E-state index contributed by atoms with van der Waals surface area (Å²) in [7, 11) is 1.32. The molecule has 0 bridgehead atoms. The Hall–Kier alpha value is -4.01. The number of ether oxygens (including phenoxy) is 1. The predicted octanol–water partition coefficient (Wildman–Crippen LogP) is 3.19. The molecule has 0 aliphatic rings. The molecule has 0 fully saturated rings. The third-order valence-electron chi connectivity index (χ3n) is 4.30. The molecule has 0 saturated heterocycles. The van der Waals surface area contributed by atoms with Crippen LogP contribution in [0, 0.1) is 17.0 Å². The molecule has 3 rings (SSSR count). The average Bonchev–Trinajstić information content (AvgIpc) is 3.14. The van der Waals surface area contributed by atoms with E-state index in [0.29, 0.717) is 28.9 Å². The van der Waals surface area contributed by atoms with Crippen molar-refractivity contribution in [2.24, 2.45) is 0 Å². The van der Waals surface area contributed by atoms with Crippen LogP contribution < -0.4 is 5.32 Å². The number of nitro groups is 1.